The lowest BCUT2D eigenvalue weighted by Gasteiger charge is -2.04. The van der Waals surface area contributed by atoms with Crippen LogP contribution in [0.5, 0.6) is 0 Å². The Bertz CT molecular complexity index is 307. The number of nitrogens with one attached hydrogen (secondary N) is 1. The number of amides is 1. The summed E-state index contributed by atoms with van der Waals surface area (Å²) in [6.45, 7) is 0.257. The zero-order valence-electron chi connectivity index (χ0n) is 7.32. The molecule has 0 fully saturated rings. The van der Waals surface area contributed by atoms with Crippen LogP contribution in [-0.2, 0) is 6.54 Å². The molecule has 1 rings (SSSR count). The number of carbonyl (C=O) groups excluding carboxylic acids is 1. The highest BCUT2D eigenvalue weighted by atomic mass is 16.3. The van der Waals surface area contributed by atoms with Gasteiger partial charge in [-0.2, -0.15) is 0 Å². The molecule has 0 radical (unpaired) electrons. The number of hydrogen-bond donors (Lipinski definition) is 3. The van der Waals surface area contributed by atoms with Crippen LogP contribution in [0.2, 0.25) is 0 Å². The summed E-state index contributed by atoms with van der Waals surface area (Å²) in [5.74, 6) is -0.128. The zero-order valence-corrected chi connectivity index (χ0v) is 7.32. The van der Waals surface area contributed by atoms with Crippen molar-refractivity contribution >= 4 is 11.7 Å². The SMILES string of the molecule is CNC(=O)c1c(N)ncn1CCO. The molecule has 0 saturated carbocycles. The van der Waals surface area contributed by atoms with Gasteiger partial charge in [-0.3, -0.25) is 4.79 Å². The minimum absolute atomic E-state index is 0.0558. The molecule has 4 N–H and O–H groups in total. The second-order valence-corrected chi connectivity index (χ2v) is 2.47. The summed E-state index contributed by atoms with van der Waals surface area (Å²) in [6.07, 6.45) is 1.43. The summed E-state index contributed by atoms with van der Waals surface area (Å²) >= 11 is 0. The maximum atomic E-state index is 11.3. The van der Waals surface area contributed by atoms with E-state index in [9.17, 15) is 4.79 Å². The van der Waals surface area contributed by atoms with Crippen LogP contribution in [0, 0.1) is 0 Å². The number of aliphatic hydroxyl groups excluding tert-OH is 1. The molecule has 0 atom stereocenters. The van der Waals surface area contributed by atoms with E-state index in [1.54, 1.807) is 0 Å². The average molecular weight is 184 g/mol. The quantitative estimate of drug-likeness (QED) is 0.551. The summed E-state index contributed by atoms with van der Waals surface area (Å²) in [6, 6.07) is 0. The fourth-order valence-electron chi connectivity index (χ4n) is 1.04. The Morgan fingerprint density at radius 1 is 1.85 bits per heavy atom. The molecular formula is C7H12N4O2. The Morgan fingerprint density at radius 3 is 3.08 bits per heavy atom. The Hall–Kier alpha value is -1.56. The number of hydrogen-bond acceptors (Lipinski definition) is 4. The summed E-state index contributed by atoms with van der Waals surface area (Å²) in [5, 5.41) is 11.1. The van der Waals surface area contributed by atoms with Gasteiger partial charge in [0.1, 0.15) is 0 Å². The molecule has 1 aromatic heterocycles. The average Bonchev–Trinajstić information content (AvgIpc) is 2.47. The first-order valence-electron chi connectivity index (χ1n) is 3.84. The number of imidazole rings is 1. The molecule has 6 nitrogen and oxygen atoms in total. The lowest BCUT2D eigenvalue weighted by atomic mass is 10.4. The van der Waals surface area contributed by atoms with Gasteiger partial charge in [0, 0.05) is 13.6 Å². The van der Waals surface area contributed by atoms with Crippen molar-refractivity contribution in [3.8, 4) is 0 Å². The van der Waals surface area contributed by atoms with E-state index in [1.165, 1.54) is 17.9 Å². The van der Waals surface area contributed by atoms with Crippen LogP contribution < -0.4 is 11.1 Å². The first kappa shape index (κ1) is 9.53. The zero-order chi connectivity index (χ0) is 9.84. The summed E-state index contributed by atoms with van der Waals surface area (Å²) in [7, 11) is 1.51. The number of anilines is 1. The molecule has 0 spiro atoms. The van der Waals surface area contributed by atoms with Crippen molar-refractivity contribution in [3.63, 3.8) is 0 Å². The Kier molecular flexibility index (Phi) is 2.86. The van der Waals surface area contributed by atoms with Crippen molar-refractivity contribution in [2.45, 2.75) is 6.54 Å². The Balaban J connectivity index is 3.01. The maximum absolute atomic E-state index is 11.3. The van der Waals surface area contributed by atoms with Crippen LogP contribution in [0.4, 0.5) is 5.82 Å². The molecule has 6 heteroatoms. The monoisotopic (exact) mass is 184 g/mol. The van der Waals surface area contributed by atoms with Crippen molar-refractivity contribution < 1.29 is 9.90 Å². The van der Waals surface area contributed by atoms with E-state index in [2.05, 4.69) is 10.3 Å². The lowest BCUT2D eigenvalue weighted by molar-refractivity contribution is 0.0953. The highest BCUT2D eigenvalue weighted by Gasteiger charge is 2.14. The third kappa shape index (κ3) is 1.78. The highest BCUT2D eigenvalue weighted by Crippen LogP contribution is 2.08. The molecule has 1 aromatic rings. The summed E-state index contributed by atoms with van der Waals surface area (Å²) in [4.78, 5) is 15.0. The first-order chi connectivity index (χ1) is 6.20. The van der Waals surface area contributed by atoms with Gasteiger partial charge in [0.2, 0.25) is 0 Å². The van der Waals surface area contributed by atoms with Gasteiger partial charge in [0.25, 0.3) is 5.91 Å². The maximum Gasteiger partial charge on any atom is 0.271 e. The molecule has 1 amide bonds. The number of nitrogens with zero attached hydrogens (tertiary/aromatic N) is 2. The number of carbonyl (C=O) groups is 1. The van der Waals surface area contributed by atoms with Gasteiger partial charge < -0.3 is 20.7 Å². The molecule has 1 heterocycles. The molecule has 0 aliphatic carbocycles. The van der Waals surface area contributed by atoms with Crippen molar-refractivity contribution in [2.24, 2.45) is 0 Å². The fraction of sp³-hybridized carbons (Fsp3) is 0.429. The van der Waals surface area contributed by atoms with Crippen LogP contribution in [0.3, 0.4) is 0 Å². The van der Waals surface area contributed by atoms with Gasteiger partial charge in [-0.25, -0.2) is 4.98 Å². The van der Waals surface area contributed by atoms with Crippen LogP contribution >= 0.6 is 0 Å². The minimum atomic E-state index is -0.302. The standard InChI is InChI=1S/C7H12N4O2/c1-9-7(13)5-6(8)10-4-11(5)2-3-12/h4,12H,2-3,8H2,1H3,(H,9,13). The molecule has 0 bridgehead atoms. The topological polar surface area (TPSA) is 93.2 Å². The first-order valence-corrected chi connectivity index (χ1v) is 3.84. The van der Waals surface area contributed by atoms with E-state index in [4.69, 9.17) is 10.8 Å². The normalized spacial score (nSPS) is 10.0. The van der Waals surface area contributed by atoms with Crippen LogP contribution in [0.25, 0.3) is 0 Å². The Labute approximate surface area is 75.4 Å². The van der Waals surface area contributed by atoms with E-state index in [0.29, 0.717) is 6.54 Å². The van der Waals surface area contributed by atoms with E-state index < -0.39 is 0 Å². The third-order valence-electron chi connectivity index (χ3n) is 1.65. The van der Waals surface area contributed by atoms with Gasteiger partial charge in [-0.15, -0.1) is 0 Å². The Morgan fingerprint density at radius 2 is 2.54 bits per heavy atom. The number of aromatic nitrogens is 2. The van der Waals surface area contributed by atoms with Gasteiger partial charge in [-0.05, 0) is 0 Å². The summed E-state index contributed by atoms with van der Waals surface area (Å²) < 4.78 is 1.51. The van der Waals surface area contributed by atoms with Crippen LogP contribution in [-0.4, -0.2) is 34.2 Å². The predicted octanol–water partition coefficient (Wildman–Crippen LogP) is -1.18. The molecule has 0 aliphatic heterocycles. The molecule has 0 saturated heterocycles. The minimum Gasteiger partial charge on any atom is -0.395 e. The second-order valence-electron chi connectivity index (χ2n) is 2.47. The number of nitrogen functional groups attached to an aromatic ring is 1. The third-order valence-corrected chi connectivity index (χ3v) is 1.65. The highest BCUT2D eigenvalue weighted by molar-refractivity contribution is 5.96. The van der Waals surface area contributed by atoms with Crippen molar-refractivity contribution in [3.05, 3.63) is 12.0 Å². The van der Waals surface area contributed by atoms with E-state index in [1.807, 2.05) is 0 Å². The number of aliphatic hydroxyl groups is 1. The van der Waals surface area contributed by atoms with Crippen molar-refractivity contribution in [1.82, 2.24) is 14.9 Å². The molecule has 72 valence electrons. The largest absolute Gasteiger partial charge is 0.395 e. The van der Waals surface area contributed by atoms with E-state index >= 15 is 0 Å². The van der Waals surface area contributed by atoms with E-state index in [0.717, 1.165) is 0 Å². The second kappa shape index (κ2) is 3.90. The molecule has 0 aromatic carbocycles. The predicted molar refractivity (Wildman–Crippen MR) is 47.1 cm³/mol. The van der Waals surface area contributed by atoms with Gasteiger partial charge in [0.05, 0.1) is 12.9 Å². The molecule has 0 unspecified atom stereocenters. The van der Waals surface area contributed by atoms with E-state index in [-0.39, 0.29) is 24.0 Å². The van der Waals surface area contributed by atoms with Crippen molar-refractivity contribution in [1.29, 1.82) is 0 Å². The van der Waals surface area contributed by atoms with Gasteiger partial charge in [-0.1, -0.05) is 0 Å². The van der Waals surface area contributed by atoms with Crippen LogP contribution in [0.1, 0.15) is 10.5 Å². The number of nitrogens with two attached hydrogens (primary N) is 1. The smallest absolute Gasteiger partial charge is 0.271 e. The number of rotatable bonds is 3. The lowest BCUT2D eigenvalue weighted by Crippen LogP contribution is -2.23. The molecule has 13 heavy (non-hydrogen) atoms. The van der Waals surface area contributed by atoms with Gasteiger partial charge in [0.15, 0.2) is 11.5 Å². The van der Waals surface area contributed by atoms with Crippen LogP contribution in [0.15, 0.2) is 6.33 Å². The fourth-order valence-corrected chi connectivity index (χ4v) is 1.04. The van der Waals surface area contributed by atoms with Gasteiger partial charge >= 0.3 is 0 Å². The molecule has 0 aliphatic rings. The summed E-state index contributed by atoms with van der Waals surface area (Å²) in [5.41, 5.74) is 5.76. The van der Waals surface area contributed by atoms with Crippen molar-refractivity contribution in [2.75, 3.05) is 19.4 Å². The molecular weight excluding hydrogens is 172 g/mol.